The van der Waals surface area contributed by atoms with Gasteiger partial charge >= 0.3 is 0 Å². The van der Waals surface area contributed by atoms with Crippen LogP contribution in [0.15, 0.2) is 12.1 Å². The van der Waals surface area contributed by atoms with Crippen molar-refractivity contribution in [1.82, 2.24) is 0 Å². The summed E-state index contributed by atoms with van der Waals surface area (Å²) in [6.45, 7) is 6.68. The second-order valence-corrected chi connectivity index (χ2v) is 5.89. The standard InChI is InChI=1S/C14H17ClN2/c1-9-7-14(2,3)17(4)13-6-12(15)10(8-16)5-11(9)13/h5-6,9H,7H2,1-4H3/t9-/m1/s1. The summed E-state index contributed by atoms with van der Waals surface area (Å²) in [5, 5.41) is 9.57. The summed E-state index contributed by atoms with van der Waals surface area (Å²) in [4.78, 5) is 2.26. The third kappa shape index (κ3) is 1.89. The molecule has 1 aliphatic rings. The summed E-state index contributed by atoms with van der Waals surface area (Å²) >= 11 is 6.12. The van der Waals surface area contributed by atoms with Crippen molar-refractivity contribution in [2.75, 3.05) is 11.9 Å². The minimum atomic E-state index is 0.129. The van der Waals surface area contributed by atoms with E-state index in [-0.39, 0.29) is 5.54 Å². The Morgan fingerprint density at radius 3 is 2.71 bits per heavy atom. The fourth-order valence-electron chi connectivity index (χ4n) is 2.67. The summed E-state index contributed by atoms with van der Waals surface area (Å²) in [6.07, 6.45) is 1.09. The topological polar surface area (TPSA) is 27.0 Å². The van der Waals surface area contributed by atoms with Crippen LogP contribution >= 0.6 is 11.6 Å². The normalized spacial score (nSPS) is 21.9. The van der Waals surface area contributed by atoms with Gasteiger partial charge in [-0.1, -0.05) is 18.5 Å². The van der Waals surface area contributed by atoms with Gasteiger partial charge in [0, 0.05) is 18.3 Å². The second-order valence-electron chi connectivity index (χ2n) is 5.48. The molecule has 2 nitrogen and oxygen atoms in total. The second kappa shape index (κ2) is 3.92. The van der Waals surface area contributed by atoms with Gasteiger partial charge in [-0.05, 0) is 43.9 Å². The molecule has 1 aliphatic heterocycles. The van der Waals surface area contributed by atoms with Gasteiger partial charge in [0.1, 0.15) is 6.07 Å². The molecule has 3 heteroatoms. The van der Waals surface area contributed by atoms with Crippen LogP contribution in [0.25, 0.3) is 0 Å². The lowest BCUT2D eigenvalue weighted by Crippen LogP contribution is -2.45. The third-order valence-electron chi connectivity index (χ3n) is 3.84. The highest BCUT2D eigenvalue weighted by atomic mass is 35.5. The van der Waals surface area contributed by atoms with Crippen molar-refractivity contribution in [3.63, 3.8) is 0 Å². The Balaban J connectivity index is 2.63. The molecule has 0 aliphatic carbocycles. The molecular weight excluding hydrogens is 232 g/mol. The molecule has 0 saturated heterocycles. The molecule has 1 aromatic rings. The summed E-state index contributed by atoms with van der Waals surface area (Å²) < 4.78 is 0. The smallest absolute Gasteiger partial charge is 0.101 e. The van der Waals surface area contributed by atoms with Gasteiger partial charge in [-0.3, -0.25) is 0 Å². The number of fused-ring (bicyclic) bond motifs is 1. The molecule has 1 heterocycles. The summed E-state index contributed by atoms with van der Waals surface area (Å²) in [5.41, 5.74) is 3.08. The Hall–Kier alpha value is -1.20. The van der Waals surface area contributed by atoms with E-state index in [4.69, 9.17) is 16.9 Å². The maximum absolute atomic E-state index is 9.03. The van der Waals surface area contributed by atoms with Crippen molar-refractivity contribution in [2.45, 2.75) is 38.6 Å². The molecule has 0 radical (unpaired) electrons. The average Bonchev–Trinajstić information content (AvgIpc) is 2.25. The zero-order chi connectivity index (χ0) is 12.8. The molecule has 0 unspecified atom stereocenters. The van der Waals surface area contributed by atoms with Crippen molar-refractivity contribution < 1.29 is 0 Å². The van der Waals surface area contributed by atoms with Crippen LogP contribution in [0.3, 0.4) is 0 Å². The van der Waals surface area contributed by atoms with Crippen LogP contribution in [0.2, 0.25) is 5.02 Å². The minimum absolute atomic E-state index is 0.129. The highest BCUT2D eigenvalue weighted by molar-refractivity contribution is 6.32. The minimum Gasteiger partial charge on any atom is -0.369 e. The van der Waals surface area contributed by atoms with E-state index in [1.54, 1.807) is 0 Å². The van der Waals surface area contributed by atoms with E-state index >= 15 is 0 Å². The Labute approximate surface area is 108 Å². The first-order chi connectivity index (χ1) is 7.86. The lowest BCUT2D eigenvalue weighted by Gasteiger charge is -2.45. The molecule has 1 aromatic carbocycles. The van der Waals surface area contributed by atoms with Gasteiger partial charge in [0.2, 0.25) is 0 Å². The number of benzene rings is 1. The first kappa shape index (κ1) is 12.3. The molecule has 0 spiro atoms. The zero-order valence-corrected chi connectivity index (χ0v) is 11.5. The summed E-state index contributed by atoms with van der Waals surface area (Å²) in [6, 6.07) is 6.01. The molecule has 0 amide bonds. The molecule has 0 bridgehead atoms. The number of nitrogens with zero attached hydrogens (tertiary/aromatic N) is 2. The van der Waals surface area contributed by atoms with Crippen molar-refractivity contribution >= 4 is 17.3 Å². The number of halogens is 1. The van der Waals surface area contributed by atoms with Crippen LogP contribution in [0.1, 0.15) is 44.2 Å². The molecule has 0 N–H and O–H groups in total. The highest BCUT2D eigenvalue weighted by Crippen LogP contribution is 2.44. The van der Waals surface area contributed by atoms with Gasteiger partial charge in [-0.25, -0.2) is 0 Å². The SMILES string of the molecule is C[C@@H]1CC(C)(C)N(C)c2cc(Cl)c(C#N)cc21. The molecule has 17 heavy (non-hydrogen) atoms. The van der Waals surface area contributed by atoms with Crippen LogP contribution < -0.4 is 4.90 Å². The number of anilines is 1. The first-order valence-corrected chi connectivity index (χ1v) is 6.22. The fourth-order valence-corrected chi connectivity index (χ4v) is 2.87. The van der Waals surface area contributed by atoms with E-state index < -0.39 is 0 Å². The molecule has 0 aromatic heterocycles. The first-order valence-electron chi connectivity index (χ1n) is 5.84. The van der Waals surface area contributed by atoms with Gasteiger partial charge in [0.15, 0.2) is 0 Å². The van der Waals surface area contributed by atoms with Crippen molar-refractivity contribution in [2.24, 2.45) is 0 Å². The van der Waals surface area contributed by atoms with E-state index in [9.17, 15) is 0 Å². The fraction of sp³-hybridized carbons (Fsp3) is 0.500. The monoisotopic (exact) mass is 248 g/mol. The molecule has 0 saturated carbocycles. The predicted molar refractivity (Wildman–Crippen MR) is 71.7 cm³/mol. The lowest BCUT2D eigenvalue weighted by molar-refractivity contribution is 0.395. The molecule has 90 valence electrons. The van der Waals surface area contributed by atoms with Crippen LogP contribution in [-0.2, 0) is 0 Å². The Morgan fingerprint density at radius 2 is 2.12 bits per heavy atom. The Bertz CT molecular complexity index is 500. The van der Waals surface area contributed by atoms with Crippen molar-refractivity contribution in [1.29, 1.82) is 5.26 Å². The maximum atomic E-state index is 9.03. The average molecular weight is 249 g/mol. The van der Waals surface area contributed by atoms with Crippen LogP contribution in [0.5, 0.6) is 0 Å². The van der Waals surface area contributed by atoms with Gasteiger partial charge in [-0.2, -0.15) is 5.26 Å². The van der Waals surface area contributed by atoms with Crippen LogP contribution in [0.4, 0.5) is 5.69 Å². The molecule has 1 atom stereocenters. The van der Waals surface area contributed by atoms with E-state index in [0.29, 0.717) is 16.5 Å². The van der Waals surface area contributed by atoms with E-state index in [1.807, 2.05) is 12.1 Å². The predicted octanol–water partition coefficient (Wildman–Crippen LogP) is 3.93. The maximum Gasteiger partial charge on any atom is 0.101 e. The van der Waals surface area contributed by atoms with E-state index in [0.717, 1.165) is 12.1 Å². The van der Waals surface area contributed by atoms with E-state index in [1.165, 1.54) is 5.56 Å². The summed E-state index contributed by atoms with van der Waals surface area (Å²) in [5.74, 6) is 0.459. The number of hydrogen-bond donors (Lipinski definition) is 0. The highest BCUT2D eigenvalue weighted by Gasteiger charge is 2.34. The quantitative estimate of drug-likeness (QED) is 0.696. The van der Waals surface area contributed by atoms with Gasteiger partial charge in [0.05, 0.1) is 10.6 Å². The van der Waals surface area contributed by atoms with Gasteiger partial charge < -0.3 is 4.90 Å². The van der Waals surface area contributed by atoms with Crippen LogP contribution in [-0.4, -0.2) is 12.6 Å². The zero-order valence-electron chi connectivity index (χ0n) is 10.7. The number of rotatable bonds is 0. The van der Waals surface area contributed by atoms with Gasteiger partial charge in [0.25, 0.3) is 0 Å². The molecule has 0 fully saturated rings. The van der Waals surface area contributed by atoms with Crippen molar-refractivity contribution in [3.8, 4) is 6.07 Å². The van der Waals surface area contributed by atoms with Crippen molar-refractivity contribution in [3.05, 3.63) is 28.3 Å². The number of hydrogen-bond acceptors (Lipinski definition) is 2. The molecular formula is C14H17ClN2. The number of nitriles is 1. The van der Waals surface area contributed by atoms with Gasteiger partial charge in [-0.15, -0.1) is 0 Å². The summed E-state index contributed by atoms with van der Waals surface area (Å²) in [7, 11) is 2.09. The third-order valence-corrected chi connectivity index (χ3v) is 4.16. The Kier molecular flexibility index (Phi) is 2.83. The van der Waals surface area contributed by atoms with Crippen LogP contribution in [0, 0.1) is 11.3 Å². The lowest BCUT2D eigenvalue weighted by atomic mass is 9.80. The largest absolute Gasteiger partial charge is 0.369 e. The Morgan fingerprint density at radius 1 is 1.47 bits per heavy atom. The molecule has 2 rings (SSSR count). The van der Waals surface area contributed by atoms with E-state index in [2.05, 4.69) is 38.8 Å².